The number of carbonyl (C=O) groups excluding carboxylic acids is 1. The molecule has 20 heavy (non-hydrogen) atoms. The lowest BCUT2D eigenvalue weighted by Gasteiger charge is -2.24. The van der Waals surface area contributed by atoms with Crippen molar-refractivity contribution >= 4 is 5.91 Å². The van der Waals surface area contributed by atoms with Gasteiger partial charge in [-0.3, -0.25) is 9.48 Å². The maximum Gasteiger partial charge on any atom is 0.227 e. The van der Waals surface area contributed by atoms with E-state index in [2.05, 4.69) is 18.9 Å². The fourth-order valence-corrected chi connectivity index (χ4v) is 2.30. The summed E-state index contributed by atoms with van der Waals surface area (Å²) in [5.74, 6) is 0.599. The van der Waals surface area contributed by atoms with Gasteiger partial charge in [0.2, 0.25) is 5.91 Å². The molecule has 0 saturated heterocycles. The number of amides is 1. The number of aromatic nitrogens is 2. The van der Waals surface area contributed by atoms with Crippen LogP contribution in [0.2, 0.25) is 0 Å². The van der Waals surface area contributed by atoms with Crippen molar-refractivity contribution in [2.24, 2.45) is 13.0 Å². The monoisotopic (exact) mass is 281 g/mol. The van der Waals surface area contributed by atoms with E-state index < -0.39 is 0 Å². The molecule has 5 heteroatoms. The van der Waals surface area contributed by atoms with E-state index in [1.54, 1.807) is 7.11 Å². The molecule has 0 atom stereocenters. The van der Waals surface area contributed by atoms with Crippen LogP contribution in [-0.2, 0) is 23.0 Å². The van der Waals surface area contributed by atoms with Gasteiger partial charge in [0.05, 0.1) is 18.7 Å². The Morgan fingerprint density at radius 1 is 1.40 bits per heavy atom. The third-order valence-corrected chi connectivity index (χ3v) is 3.49. The quantitative estimate of drug-likeness (QED) is 0.764. The van der Waals surface area contributed by atoms with E-state index in [4.69, 9.17) is 4.74 Å². The van der Waals surface area contributed by atoms with Crippen LogP contribution in [0.25, 0.3) is 0 Å². The van der Waals surface area contributed by atoms with Crippen LogP contribution in [0.5, 0.6) is 0 Å². The largest absolute Gasteiger partial charge is 0.383 e. The Morgan fingerprint density at radius 2 is 2.05 bits per heavy atom. The number of aryl methyl sites for hydroxylation is 2. The van der Waals surface area contributed by atoms with E-state index in [9.17, 15) is 4.79 Å². The van der Waals surface area contributed by atoms with Crippen molar-refractivity contribution in [2.75, 3.05) is 26.8 Å². The fraction of sp³-hybridized carbons (Fsp3) is 0.733. The van der Waals surface area contributed by atoms with Crippen LogP contribution in [0.1, 0.15) is 30.8 Å². The molecule has 114 valence electrons. The second-order valence-electron chi connectivity index (χ2n) is 5.68. The molecule has 0 fully saturated rings. The molecule has 0 radical (unpaired) electrons. The summed E-state index contributed by atoms with van der Waals surface area (Å²) in [6, 6.07) is 0. The minimum Gasteiger partial charge on any atom is -0.383 e. The highest BCUT2D eigenvalue weighted by Crippen LogP contribution is 2.14. The van der Waals surface area contributed by atoms with Gasteiger partial charge < -0.3 is 9.64 Å². The van der Waals surface area contributed by atoms with Crippen LogP contribution in [0, 0.1) is 19.8 Å². The molecule has 1 aromatic heterocycles. The number of nitrogens with zero attached hydrogens (tertiary/aromatic N) is 3. The summed E-state index contributed by atoms with van der Waals surface area (Å²) in [4.78, 5) is 14.4. The van der Waals surface area contributed by atoms with Gasteiger partial charge in [0.25, 0.3) is 0 Å². The van der Waals surface area contributed by atoms with E-state index in [1.807, 2.05) is 30.5 Å². The second-order valence-corrected chi connectivity index (χ2v) is 5.68. The van der Waals surface area contributed by atoms with Gasteiger partial charge in [-0.15, -0.1) is 0 Å². The maximum absolute atomic E-state index is 12.5. The van der Waals surface area contributed by atoms with Gasteiger partial charge in [-0.05, 0) is 19.8 Å². The van der Waals surface area contributed by atoms with E-state index in [1.165, 1.54) is 0 Å². The Hall–Kier alpha value is -1.36. The van der Waals surface area contributed by atoms with Gasteiger partial charge in [-0.2, -0.15) is 5.10 Å². The predicted octanol–water partition coefficient (Wildman–Crippen LogP) is 1.71. The molecule has 1 amide bonds. The Balaban J connectivity index is 2.79. The lowest BCUT2D eigenvalue weighted by molar-refractivity contribution is -0.131. The summed E-state index contributed by atoms with van der Waals surface area (Å²) in [6.07, 6.45) is 0.419. The minimum atomic E-state index is 0.148. The second kappa shape index (κ2) is 7.43. The van der Waals surface area contributed by atoms with Crippen molar-refractivity contribution in [3.63, 3.8) is 0 Å². The molecule has 0 aromatic carbocycles. The zero-order chi connectivity index (χ0) is 15.3. The van der Waals surface area contributed by atoms with Gasteiger partial charge in [-0.1, -0.05) is 13.8 Å². The van der Waals surface area contributed by atoms with Crippen LogP contribution in [0.3, 0.4) is 0 Å². The standard InChI is InChI=1S/C15H27N3O2/c1-11(2)10-18(7-8-20-6)15(19)9-14-12(3)16-17(5)13(14)4/h11H,7-10H2,1-6H3. The molecule has 0 aliphatic rings. The molecule has 0 spiro atoms. The van der Waals surface area contributed by atoms with Gasteiger partial charge in [0.1, 0.15) is 0 Å². The van der Waals surface area contributed by atoms with E-state index >= 15 is 0 Å². The van der Waals surface area contributed by atoms with Gasteiger partial charge >= 0.3 is 0 Å². The molecular weight excluding hydrogens is 254 g/mol. The first-order valence-electron chi connectivity index (χ1n) is 7.12. The van der Waals surface area contributed by atoms with Crippen LogP contribution in [-0.4, -0.2) is 47.4 Å². The molecule has 5 nitrogen and oxygen atoms in total. The summed E-state index contributed by atoms with van der Waals surface area (Å²) >= 11 is 0. The number of carbonyl (C=O) groups is 1. The Bertz CT molecular complexity index is 452. The average Bonchev–Trinajstić information content (AvgIpc) is 2.60. The summed E-state index contributed by atoms with van der Waals surface area (Å²) in [7, 11) is 3.57. The Kier molecular flexibility index (Phi) is 6.20. The molecule has 0 saturated carbocycles. The summed E-state index contributed by atoms with van der Waals surface area (Å²) < 4.78 is 6.93. The number of hydrogen-bond donors (Lipinski definition) is 0. The van der Waals surface area contributed by atoms with Gasteiger partial charge in [0.15, 0.2) is 0 Å². The highest BCUT2D eigenvalue weighted by molar-refractivity contribution is 5.79. The normalized spacial score (nSPS) is 11.2. The van der Waals surface area contributed by atoms with Crippen molar-refractivity contribution in [3.05, 3.63) is 17.0 Å². The molecule has 0 bridgehead atoms. The lowest BCUT2D eigenvalue weighted by atomic mass is 10.1. The highest BCUT2D eigenvalue weighted by atomic mass is 16.5. The summed E-state index contributed by atoms with van der Waals surface area (Å²) in [5, 5.41) is 4.37. The molecule has 1 rings (SSSR count). The summed E-state index contributed by atoms with van der Waals surface area (Å²) in [6.45, 7) is 10.2. The minimum absolute atomic E-state index is 0.148. The molecule has 1 heterocycles. The topological polar surface area (TPSA) is 47.4 Å². The number of ether oxygens (including phenoxy) is 1. The maximum atomic E-state index is 12.5. The number of rotatable bonds is 7. The predicted molar refractivity (Wildman–Crippen MR) is 79.7 cm³/mol. The molecule has 0 aliphatic heterocycles. The first-order valence-corrected chi connectivity index (χ1v) is 7.12. The molecule has 0 N–H and O–H groups in total. The lowest BCUT2D eigenvalue weighted by Crippen LogP contribution is -2.37. The molecule has 0 unspecified atom stereocenters. The van der Waals surface area contributed by atoms with E-state index in [-0.39, 0.29) is 5.91 Å². The van der Waals surface area contributed by atoms with Gasteiger partial charge in [0, 0.05) is 38.5 Å². The molecule has 0 aliphatic carbocycles. The summed E-state index contributed by atoms with van der Waals surface area (Å²) in [5.41, 5.74) is 3.05. The van der Waals surface area contributed by atoms with E-state index in [0.717, 1.165) is 23.5 Å². The van der Waals surface area contributed by atoms with Crippen molar-refractivity contribution in [1.82, 2.24) is 14.7 Å². The third kappa shape index (κ3) is 4.34. The highest BCUT2D eigenvalue weighted by Gasteiger charge is 2.19. The van der Waals surface area contributed by atoms with Gasteiger partial charge in [-0.25, -0.2) is 0 Å². The van der Waals surface area contributed by atoms with Crippen molar-refractivity contribution in [1.29, 1.82) is 0 Å². The molecular formula is C15H27N3O2. The fourth-order valence-electron chi connectivity index (χ4n) is 2.30. The number of hydrogen-bond acceptors (Lipinski definition) is 3. The van der Waals surface area contributed by atoms with Crippen molar-refractivity contribution < 1.29 is 9.53 Å². The SMILES string of the molecule is COCCN(CC(C)C)C(=O)Cc1c(C)nn(C)c1C. The third-order valence-electron chi connectivity index (χ3n) is 3.49. The Morgan fingerprint density at radius 3 is 2.50 bits per heavy atom. The van der Waals surface area contributed by atoms with Crippen molar-refractivity contribution in [3.8, 4) is 0 Å². The Labute approximate surface area is 121 Å². The zero-order valence-electron chi connectivity index (χ0n) is 13.6. The van der Waals surface area contributed by atoms with Crippen LogP contribution < -0.4 is 0 Å². The van der Waals surface area contributed by atoms with Crippen LogP contribution in [0.15, 0.2) is 0 Å². The molecule has 1 aromatic rings. The average molecular weight is 281 g/mol. The first-order chi connectivity index (χ1) is 9.36. The van der Waals surface area contributed by atoms with Crippen LogP contribution in [0.4, 0.5) is 0 Å². The van der Waals surface area contributed by atoms with Crippen molar-refractivity contribution in [2.45, 2.75) is 34.1 Å². The first kappa shape index (κ1) is 16.7. The van der Waals surface area contributed by atoms with E-state index in [0.29, 0.717) is 25.5 Å². The van der Waals surface area contributed by atoms with Crippen LogP contribution >= 0.6 is 0 Å². The smallest absolute Gasteiger partial charge is 0.227 e. The number of methoxy groups -OCH3 is 1. The zero-order valence-corrected chi connectivity index (χ0v) is 13.6.